The third kappa shape index (κ3) is 4.92. The van der Waals surface area contributed by atoms with Crippen molar-refractivity contribution in [3.05, 3.63) is 77.1 Å². The smallest absolute Gasteiger partial charge is 0.270 e. The minimum Gasteiger partial charge on any atom is -0.497 e. The number of benzene rings is 2. The fraction of sp³-hybridized carbons (Fsp3) is 0.143. The zero-order chi connectivity index (χ0) is 19.9. The first-order chi connectivity index (χ1) is 13.6. The highest BCUT2D eigenvalue weighted by Crippen LogP contribution is 2.30. The van der Waals surface area contributed by atoms with E-state index >= 15 is 0 Å². The minimum absolute atomic E-state index is 0.266. The zero-order valence-corrected chi connectivity index (χ0v) is 16.3. The van der Waals surface area contributed by atoms with Crippen molar-refractivity contribution in [3.63, 3.8) is 0 Å². The second kappa shape index (κ2) is 9.10. The Balaban J connectivity index is 1.68. The molecule has 0 unspecified atom stereocenters. The number of hydrogen-bond acceptors (Lipinski definition) is 5. The van der Waals surface area contributed by atoms with E-state index in [1.165, 1.54) is 0 Å². The number of halogens is 1. The molecule has 0 bridgehead atoms. The molecule has 0 radical (unpaired) electrons. The summed E-state index contributed by atoms with van der Waals surface area (Å²) in [5, 5.41) is 6.64. The Labute approximate surface area is 168 Å². The maximum atomic E-state index is 12.5. The molecule has 3 rings (SSSR count). The van der Waals surface area contributed by atoms with E-state index in [1.807, 2.05) is 24.3 Å². The molecule has 2 N–H and O–H groups in total. The van der Waals surface area contributed by atoms with Crippen molar-refractivity contribution < 1.29 is 14.3 Å². The summed E-state index contributed by atoms with van der Waals surface area (Å²) in [5.74, 6) is 1.15. The van der Waals surface area contributed by atoms with Crippen LogP contribution in [-0.4, -0.2) is 25.1 Å². The van der Waals surface area contributed by atoms with Gasteiger partial charge >= 0.3 is 0 Å². The largest absolute Gasteiger partial charge is 0.497 e. The third-order valence-electron chi connectivity index (χ3n) is 4.05. The van der Waals surface area contributed by atoms with Crippen LogP contribution < -0.4 is 20.1 Å². The lowest BCUT2D eigenvalue weighted by molar-refractivity contribution is 0.0946. The van der Waals surface area contributed by atoms with Crippen LogP contribution in [0.1, 0.15) is 16.1 Å². The molecule has 3 aromatic rings. The van der Waals surface area contributed by atoms with Gasteiger partial charge in [0.05, 0.1) is 19.9 Å². The molecule has 0 aliphatic carbocycles. The molecule has 1 heterocycles. The molecule has 0 aliphatic rings. The number of amides is 1. The molecule has 0 aliphatic heterocycles. The summed E-state index contributed by atoms with van der Waals surface area (Å²) in [6.07, 6.45) is 1.57. The Morgan fingerprint density at radius 2 is 1.82 bits per heavy atom. The van der Waals surface area contributed by atoms with Crippen LogP contribution in [0, 0.1) is 0 Å². The molecule has 1 amide bonds. The summed E-state index contributed by atoms with van der Waals surface area (Å²) in [6, 6.07) is 16.2. The molecule has 6 nitrogen and oxygen atoms in total. The summed E-state index contributed by atoms with van der Waals surface area (Å²) < 4.78 is 10.5. The number of carbonyl (C=O) groups is 1. The van der Waals surface area contributed by atoms with Crippen molar-refractivity contribution in [3.8, 4) is 11.5 Å². The average molecular weight is 398 g/mol. The number of pyridine rings is 1. The number of rotatable bonds is 7. The number of ether oxygens (including phenoxy) is 2. The normalized spacial score (nSPS) is 10.2. The van der Waals surface area contributed by atoms with Crippen LogP contribution in [0.15, 0.2) is 60.8 Å². The van der Waals surface area contributed by atoms with Gasteiger partial charge in [0, 0.05) is 23.5 Å². The topological polar surface area (TPSA) is 72.5 Å². The number of carbonyl (C=O) groups excluding carboxylic acids is 1. The van der Waals surface area contributed by atoms with Gasteiger partial charge < -0.3 is 20.1 Å². The first-order valence-electron chi connectivity index (χ1n) is 8.57. The second-order valence-electron chi connectivity index (χ2n) is 5.93. The highest BCUT2D eigenvalue weighted by Gasteiger charge is 2.10. The van der Waals surface area contributed by atoms with E-state index in [2.05, 4.69) is 15.6 Å². The SMILES string of the molecule is COc1ccc(CNC(=O)c2cc(Nc3cc(Cl)ccc3OC)ccn2)cc1. The van der Waals surface area contributed by atoms with E-state index in [0.29, 0.717) is 34.4 Å². The zero-order valence-electron chi connectivity index (χ0n) is 15.5. The molecule has 0 spiro atoms. The minimum atomic E-state index is -0.266. The van der Waals surface area contributed by atoms with Crippen LogP contribution in [0.2, 0.25) is 5.02 Å². The van der Waals surface area contributed by atoms with Crippen molar-refractivity contribution in [2.45, 2.75) is 6.54 Å². The van der Waals surface area contributed by atoms with Crippen LogP contribution in [0.3, 0.4) is 0 Å². The van der Waals surface area contributed by atoms with Crippen LogP contribution in [0.4, 0.5) is 11.4 Å². The van der Waals surface area contributed by atoms with Crippen LogP contribution in [0.5, 0.6) is 11.5 Å². The molecule has 144 valence electrons. The first-order valence-corrected chi connectivity index (χ1v) is 8.94. The lowest BCUT2D eigenvalue weighted by atomic mass is 10.2. The number of nitrogens with zero attached hydrogens (tertiary/aromatic N) is 1. The monoisotopic (exact) mass is 397 g/mol. The van der Waals surface area contributed by atoms with Crippen LogP contribution >= 0.6 is 11.6 Å². The maximum absolute atomic E-state index is 12.5. The van der Waals surface area contributed by atoms with Gasteiger partial charge in [-0.05, 0) is 48.0 Å². The third-order valence-corrected chi connectivity index (χ3v) is 4.28. The molecule has 2 aromatic carbocycles. The molecular weight excluding hydrogens is 378 g/mol. The van der Waals surface area contributed by atoms with Gasteiger partial charge in [-0.1, -0.05) is 23.7 Å². The number of aromatic nitrogens is 1. The van der Waals surface area contributed by atoms with Gasteiger partial charge in [-0.15, -0.1) is 0 Å². The van der Waals surface area contributed by atoms with Gasteiger partial charge in [-0.3, -0.25) is 9.78 Å². The number of anilines is 2. The molecule has 0 saturated heterocycles. The Morgan fingerprint density at radius 3 is 2.54 bits per heavy atom. The summed E-state index contributed by atoms with van der Waals surface area (Å²) in [7, 11) is 3.20. The number of methoxy groups -OCH3 is 2. The number of nitrogens with one attached hydrogen (secondary N) is 2. The Hall–Kier alpha value is -3.25. The quantitative estimate of drug-likeness (QED) is 0.617. The fourth-order valence-electron chi connectivity index (χ4n) is 2.58. The van der Waals surface area contributed by atoms with Gasteiger partial charge in [0.1, 0.15) is 17.2 Å². The summed E-state index contributed by atoms with van der Waals surface area (Å²) in [4.78, 5) is 16.6. The van der Waals surface area contributed by atoms with Crippen molar-refractivity contribution in [1.29, 1.82) is 0 Å². The average Bonchev–Trinajstić information content (AvgIpc) is 2.73. The Bertz CT molecular complexity index is 961. The van der Waals surface area contributed by atoms with E-state index in [9.17, 15) is 4.79 Å². The van der Waals surface area contributed by atoms with Crippen molar-refractivity contribution in [2.24, 2.45) is 0 Å². The molecular formula is C21H20ClN3O3. The van der Waals surface area contributed by atoms with Crippen molar-refractivity contribution in [2.75, 3.05) is 19.5 Å². The highest BCUT2D eigenvalue weighted by molar-refractivity contribution is 6.31. The molecule has 0 saturated carbocycles. The van der Waals surface area contributed by atoms with E-state index in [-0.39, 0.29) is 5.91 Å². The van der Waals surface area contributed by atoms with Gasteiger partial charge in [-0.25, -0.2) is 0 Å². The Morgan fingerprint density at radius 1 is 1.04 bits per heavy atom. The summed E-state index contributed by atoms with van der Waals surface area (Å²) >= 11 is 6.06. The Kier molecular flexibility index (Phi) is 6.34. The van der Waals surface area contributed by atoms with Gasteiger partial charge in [0.2, 0.25) is 0 Å². The van der Waals surface area contributed by atoms with E-state index < -0.39 is 0 Å². The highest BCUT2D eigenvalue weighted by atomic mass is 35.5. The fourth-order valence-corrected chi connectivity index (χ4v) is 2.75. The lowest BCUT2D eigenvalue weighted by Gasteiger charge is -2.12. The van der Waals surface area contributed by atoms with Gasteiger partial charge in [0.15, 0.2) is 0 Å². The molecule has 7 heteroatoms. The first kappa shape index (κ1) is 19.5. The predicted molar refractivity (Wildman–Crippen MR) is 110 cm³/mol. The molecule has 0 atom stereocenters. The lowest BCUT2D eigenvalue weighted by Crippen LogP contribution is -2.23. The molecule has 0 fully saturated rings. The molecule has 1 aromatic heterocycles. The van der Waals surface area contributed by atoms with Crippen LogP contribution in [0.25, 0.3) is 0 Å². The standard InChI is InChI=1S/C21H20ClN3O3/c1-27-17-6-3-14(4-7-17)13-24-21(26)19-12-16(9-10-23-19)25-18-11-15(22)5-8-20(18)28-2/h3-12H,13H2,1-2H3,(H,23,25)(H,24,26). The van der Waals surface area contributed by atoms with E-state index in [4.69, 9.17) is 21.1 Å². The van der Waals surface area contributed by atoms with E-state index in [1.54, 1.807) is 50.7 Å². The number of hydrogen-bond donors (Lipinski definition) is 2. The van der Waals surface area contributed by atoms with Gasteiger partial charge in [-0.2, -0.15) is 0 Å². The van der Waals surface area contributed by atoms with Crippen molar-refractivity contribution in [1.82, 2.24) is 10.3 Å². The van der Waals surface area contributed by atoms with Gasteiger partial charge in [0.25, 0.3) is 5.91 Å². The summed E-state index contributed by atoms with van der Waals surface area (Å²) in [5.41, 5.74) is 2.67. The molecule has 28 heavy (non-hydrogen) atoms. The van der Waals surface area contributed by atoms with Crippen LogP contribution in [-0.2, 0) is 6.54 Å². The van der Waals surface area contributed by atoms with E-state index in [0.717, 1.165) is 11.3 Å². The predicted octanol–water partition coefficient (Wildman–Crippen LogP) is 4.43. The summed E-state index contributed by atoms with van der Waals surface area (Å²) in [6.45, 7) is 0.393. The maximum Gasteiger partial charge on any atom is 0.270 e. The second-order valence-corrected chi connectivity index (χ2v) is 6.37. The van der Waals surface area contributed by atoms with Crippen molar-refractivity contribution >= 4 is 28.9 Å².